The van der Waals surface area contributed by atoms with Gasteiger partial charge in [-0.05, 0) is 43.5 Å². The number of nitrogens with zero attached hydrogens (tertiary/aromatic N) is 4. The normalized spacial score (nSPS) is 16.7. The van der Waals surface area contributed by atoms with Crippen molar-refractivity contribution in [1.29, 1.82) is 0 Å². The van der Waals surface area contributed by atoms with Crippen molar-refractivity contribution in [3.8, 4) is 0 Å². The predicted octanol–water partition coefficient (Wildman–Crippen LogP) is 4.22. The van der Waals surface area contributed by atoms with Crippen LogP contribution in [0.3, 0.4) is 0 Å². The minimum absolute atomic E-state index is 0. The van der Waals surface area contributed by atoms with Crippen LogP contribution in [0.25, 0.3) is 11.0 Å². The molecule has 0 bridgehead atoms. The summed E-state index contributed by atoms with van der Waals surface area (Å²) in [7, 11) is 0. The molecule has 1 aromatic carbocycles. The first kappa shape index (κ1) is 18.4. The molecule has 4 heterocycles. The number of rotatable bonds is 4. The minimum Gasteiger partial charge on any atom is -0.355 e. The van der Waals surface area contributed by atoms with Crippen LogP contribution < -0.4 is 15.8 Å². The lowest BCUT2D eigenvalue weighted by Crippen LogP contribution is -2.35. The van der Waals surface area contributed by atoms with E-state index in [1.165, 1.54) is 11.6 Å². The van der Waals surface area contributed by atoms with Crippen LogP contribution in [0.1, 0.15) is 34.3 Å². The van der Waals surface area contributed by atoms with E-state index in [9.17, 15) is 4.79 Å². The van der Waals surface area contributed by atoms with Crippen LogP contribution in [0.5, 0.6) is 0 Å². The molecule has 3 aromatic heterocycles. The summed E-state index contributed by atoms with van der Waals surface area (Å²) in [6.07, 6.45) is 5.76. The molecule has 1 aliphatic rings. The topological polar surface area (TPSA) is 103 Å². The van der Waals surface area contributed by atoms with Gasteiger partial charge in [-0.25, -0.2) is 15.0 Å². The SMILES string of the molecule is Cc1cc(=O)[nH]c(Nc2cccc(C3CCCN(c4ncnc5[nH]ccc45)C3)c2)n1.[HH].[HH].[HH]. The highest BCUT2D eigenvalue weighted by atomic mass is 16.1. The smallest absolute Gasteiger partial charge is 0.252 e. The van der Waals surface area contributed by atoms with E-state index in [2.05, 4.69) is 47.3 Å². The fraction of sp³-hybridized carbons (Fsp3) is 0.273. The first-order valence-corrected chi connectivity index (χ1v) is 10.1. The third-order valence-electron chi connectivity index (χ3n) is 5.54. The van der Waals surface area contributed by atoms with Gasteiger partial charge in [-0.15, -0.1) is 0 Å². The number of aromatic amines is 2. The number of benzene rings is 1. The van der Waals surface area contributed by atoms with Crippen molar-refractivity contribution in [1.82, 2.24) is 24.9 Å². The second kappa shape index (κ2) is 7.62. The Bertz CT molecular complexity index is 1260. The summed E-state index contributed by atoms with van der Waals surface area (Å²) >= 11 is 0. The molecule has 1 saturated heterocycles. The summed E-state index contributed by atoms with van der Waals surface area (Å²) < 4.78 is 0. The molecule has 8 nitrogen and oxygen atoms in total. The Morgan fingerprint density at radius 2 is 2.17 bits per heavy atom. The molecule has 1 unspecified atom stereocenters. The third-order valence-corrected chi connectivity index (χ3v) is 5.54. The molecular weight excluding hydrogens is 378 g/mol. The largest absolute Gasteiger partial charge is 0.355 e. The molecule has 1 fully saturated rings. The van der Waals surface area contributed by atoms with Gasteiger partial charge in [-0.3, -0.25) is 9.78 Å². The molecule has 0 radical (unpaired) electrons. The van der Waals surface area contributed by atoms with E-state index >= 15 is 0 Å². The molecule has 0 spiro atoms. The van der Waals surface area contributed by atoms with Crippen LogP contribution in [0.2, 0.25) is 0 Å². The molecule has 0 aliphatic carbocycles. The molecule has 0 saturated carbocycles. The van der Waals surface area contributed by atoms with Gasteiger partial charge in [0.25, 0.3) is 5.56 Å². The van der Waals surface area contributed by atoms with E-state index in [0.717, 1.165) is 48.5 Å². The minimum atomic E-state index is -0.162. The highest BCUT2D eigenvalue weighted by molar-refractivity contribution is 5.87. The van der Waals surface area contributed by atoms with Crippen molar-refractivity contribution in [3.05, 3.63) is 70.5 Å². The molecular formula is C22H29N7O. The zero-order valence-electron chi connectivity index (χ0n) is 16.7. The fourth-order valence-electron chi connectivity index (χ4n) is 4.20. The number of aryl methyl sites for hydroxylation is 1. The van der Waals surface area contributed by atoms with Crippen molar-refractivity contribution in [2.45, 2.75) is 25.7 Å². The lowest BCUT2D eigenvalue weighted by Gasteiger charge is -2.34. The van der Waals surface area contributed by atoms with E-state index in [1.807, 2.05) is 31.3 Å². The molecule has 1 aliphatic heterocycles. The lowest BCUT2D eigenvalue weighted by molar-refractivity contribution is 0.508. The maximum atomic E-state index is 11.7. The van der Waals surface area contributed by atoms with Crippen LogP contribution >= 0.6 is 0 Å². The molecule has 158 valence electrons. The number of hydrogen-bond acceptors (Lipinski definition) is 6. The number of H-pyrrole nitrogens is 2. The maximum absolute atomic E-state index is 11.7. The first-order valence-electron chi connectivity index (χ1n) is 10.1. The summed E-state index contributed by atoms with van der Waals surface area (Å²) in [6.45, 7) is 3.70. The van der Waals surface area contributed by atoms with Crippen LogP contribution in [-0.4, -0.2) is 38.0 Å². The number of hydrogen-bond donors (Lipinski definition) is 3. The first-order chi connectivity index (χ1) is 14.7. The van der Waals surface area contributed by atoms with Gasteiger partial charge in [-0.1, -0.05) is 12.1 Å². The number of fused-ring (bicyclic) bond motifs is 1. The Kier molecular flexibility index (Phi) is 4.66. The summed E-state index contributed by atoms with van der Waals surface area (Å²) in [4.78, 5) is 33.2. The predicted molar refractivity (Wildman–Crippen MR) is 124 cm³/mol. The lowest BCUT2D eigenvalue weighted by atomic mass is 9.90. The zero-order chi connectivity index (χ0) is 20.5. The van der Waals surface area contributed by atoms with E-state index < -0.39 is 0 Å². The van der Waals surface area contributed by atoms with Crippen molar-refractivity contribution in [2.75, 3.05) is 23.3 Å². The van der Waals surface area contributed by atoms with Crippen molar-refractivity contribution in [3.63, 3.8) is 0 Å². The Morgan fingerprint density at radius 1 is 1.23 bits per heavy atom. The van der Waals surface area contributed by atoms with E-state index in [-0.39, 0.29) is 9.84 Å². The highest BCUT2D eigenvalue weighted by Crippen LogP contribution is 2.32. The average Bonchev–Trinajstić information content (AvgIpc) is 3.22. The molecule has 30 heavy (non-hydrogen) atoms. The van der Waals surface area contributed by atoms with E-state index in [4.69, 9.17) is 0 Å². The van der Waals surface area contributed by atoms with Gasteiger partial charge in [0, 0.05) is 46.9 Å². The summed E-state index contributed by atoms with van der Waals surface area (Å²) in [5.41, 5.74) is 3.56. The molecule has 1 atom stereocenters. The van der Waals surface area contributed by atoms with Gasteiger partial charge in [0.1, 0.15) is 17.8 Å². The number of piperidine rings is 1. The fourth-order valence-corrected chi connectivity index (χ4v) is 4.20. The summed E-state index contributed by atoms with van der Waals surface area (Å²) in [5, 5.41) is 4.28. The standard InChI is InChI=1S/C22H23N7O.3H2/c1-14-10-19(30)28-22(26-14)27-17-6-2-4-15(11-17)16-5-3-9-29(12-16)21-18-7-8-23-20(18)24-13-25-21;;;/h2,4,6-8,10-11,13,16H,3,5,9,12H2,1H3,(H,23,24,25)(H2,26,27,28,30);3*1H. The van der Waals surface area contributed by atoms with Crippen molar-refractivity contribution < 1.29 is 4.28 Å². The van der Waals surface area contributed by atoms with Gasteiger partial charge in [0.2, 0.25) is 5.95 Å². The van der Waals surface area contributed by atoms with Crippen LogP contribution in [0, 0.1) is 6.92 Å². The summed E-state index contributed by atoms with van der Waals surface area (Å²) in [5.74, 6) is 1.84. The Labute approximate surface area is 177 Å². The van der Waals surface area contributed by atoms with Crippen molar-refractivity contribution >= 4 is 28.5 Å². The number of aromatic nitrogens is 5. The Morgan fingerprint density at radius 3 is 3.07 bits per heavy atom. The number of anilines is 3. The molecule has 8 heteroatoms. The van der Waals surface area contributed by atoms with Crippen molar-refractivity contribution in [2.24, 2.45) is 0 Å². The molecule has 0 amide bonds. The van der Waals surface area contributed by atoms with Gasteiger partial charge in [-0.2, -0.15) is 0 Å². The van der Waals surface area contributed by atoms with Crippen LogP contribution in [0.4, 0.5) is 17.5 Å². The average molecular weight is 408 g/mol. The van der Waals surface area contributed by atoms with Gasteiger partial charge >= 0.3 is 0 Å². The molecule has 3 N–H and O–H groups in total. The van der Waals surface area contributed by atoms with Crippen LogP contribution in [-0.2, 0) is 0 Å². The van der Waals surface area contributed by atoms with Gasteiger partial charge in [0.15, 0.2) is 0 Å². The third kappa shape index (κ3) is 3.63. The molecule has 4 aromatic rings. The second-order valence-corrected chi connectivity index (χ2v) is 7.71. The summed E-state index contributed by atoms with van der Waals surface area (Å²) in [6, 6.07) is 11.8. The quantitative estimate of drug-likeness (QED) is 0.468. The van der Waals surface area contributed by atoms with Gasteiger partial charge in [0.05, 0.1) is 5.39 Å². The van der Waals surface area contributed by atoms with Gasteiger partial charge < -0.3 is 15.2 Å². The Balaban J connectivity index is 0.00000128. The Hall–Kier alpha value is -3.68. The highest BCUT2D eigenvalue weighted by Gasteiger charge is 2.24. The van der Waals surface area contributed by atoms with E-state index in [0.29, 0.717) is 17.6 Å². The maximum Gasteiger partial charge on any atom is 0.252 e. The number of nitrogens with one attached hydrogen (secondary N) is 3. The van der Waals surface area contributed by atoms with E-state index in [1.54, 1.807) is 6.33 Å². The van der Waals surface area contributed by atoms with Crippen LogP contribution in [0.15, 0.2) is 53.7 Å². The second-order valence-electron chi connectivity index (χ2n) is 7.71. The zero-order valence-corrected chi connectivity index (χ0v) is 16.7. The molecule has 5 rings (SSSR count). The monoisotopic (exact) mass is 407 g/mol.